The standard InChI is InChI=1S/C26H22N4O2/c1-3-22-16-27-25-12-11-21(17-29(22)25)20-10-9-18(2)23(15-20)28-26(31)30-24(13-14-32-30)19-7-5-4-6-8-19/h1,4-12,15-17,24H,13-14H2,2H3,(H,28,31). The molecular weight excluding hydrogens is 400 g/mol. The van der Waals surface area contributed by atoms with Crippen molar-refractivity contribution in [1.82, 2.24) is 14.4 Å². The first kappa shape index (κ1) is 19.9. The summed E-state index contributed by atoms with van der Waals surface area (Å²) in [5.41, 5.74) is 6.18. The summed E-state index contributed by atoms with van der Waals surface area (Å²) in [6, 6.07) is 19.5. The topological polar surface area (TPSA) is 58.9 Å². The summed E-state index contributed by atoms with van der Waals surface area (Å²) in [4.78, 5) is 23.1. The number of hydroxylamine groups is 2. The molecule has 0 spiro atoms. The lowest BCUT2D eigenvalue weighted by molar-refractivity contribution is -0.0829. The lowest BCUT2D eigenvalue weighted by atomic mass is 10.0. The molecule has 2 aromatic heterocycles. The number of fused-ring (bicyclic) bond motifs is 1. The number of urea groups is 1. The second-order valence-electron chi connectivity index (χ2n) is 7.77. The first-order valence-electron chi connectivity index (χ1n) is 10.5. The molecular formula is C26H22N4O2. The molecule has 1 atom stereocenters. The van der Waals surface area contributed by atoms with Crippen LogP contribution in [0.4, 0.5) is 10.5 Å². The van der Waals surface area contributed by atoms with Gasteiger partial charge in [-0.3, -0.25) is 9.24 Å². The minimum absolute atomic E-state index is 0.106. The maximum Gasteiger partial charge on any atom is 0.346 e. The summed E-state index contributed by atoms with van der Waals surface area (Å²) in [5, 5.41) is 4.47. The van der Waals surface area contributed by atoms with Crippen molar-refractivity contribution in [2.24, 2.45) is 0 Å². The van der Waals surface area contributed by atoms with Gasteiger partial charge in [0.15, 0.2) is 0 Å². The van der Waals surface area contributed by atoms with Gasteiger partial charge in [0.25, 0.3) is 0 Å². The lowest BCUT2D eigenvalue weighted by Crippen LogP contribution is -2.33. The summed E-state index contributed by atoms with van der Waals surface area (Å²) in [6.45, 7) is 2.48. The van der Waals surface area contributed by atoms with Gasteiger partial charge >= 0.3 is 6.03 Å². The van der Waals surface area contributed by atoms with E-state index in [9.17, 15) is 4.79 Å². The Labute approximate surface area is 186 Å². The van der Waals surface area contributed by atoms with Crippen LogP contribution in [0.25, 0.3) is 16.8 Å². The normalized spacial score (nSPS) is 15.6. The Balaban J connectivity index is 1.42. The highest BCUT2D eigenvalue weighted by molar-refractivity contribution is 5.91. The monoisotopic (exact) mass is 422 g/mol. The number of anilines is 1. The molecule has 2 aromatic carbocycles. The summed E-state index contributed by atoms with van der Waals surface area (Å²) < 4.78 is 1.88. The molecule has 6 heteroatoms. The van der Waals surface area contributed by atoms with Crippen LogP contribution in [0.5, 0.6) is 0 Å². The first-order valence-corrected chi connectivity index (χ1v) is 10.5. The van der Waals surface area contributed by atoms with E-state index in [2.05, 4.69) is 16.2 Å². The van der Waals surface area contributed by atoms with E-state index < -0.39 is 0 Å². The van der Waals surface area contributed by atoms with Gasteiger partial charge in [-0.2, -0.15) is 5.06 Å². The maximum atomic E-state index is 13.1. The number of amides is 2. The van der Waals surface area contributed by atoms with Crippen molar-refractivity contribution in [1.29, 1.82) is 0 Å². The number of nitrogens with one attached hydrogen (secondary N) is 1. The van der Waals surface area contributed by atoms with Crippen LogP contribution in [0.15, 0.2) is 73.1 Å². The third-order valence-corrected chi connectivity index (χ3v) is 5.76. The molecule has 1 aliphatic heterocycles. The van der Waals surface area contributed by atoms with Crippen molar-refractivity contribution in [2.75, 3.05) is 11.9 Å². The Morgan fingerprint density at radius 2 is 1.97 bits per heavy atom. The SMILES string of the molecule is C#Cc1cnc2ccc(-c3ccc(C)c(NC(=O)N4OCCC4c4ccccc4)c3)cn12. The van der Waals surface area contributed by atoms with Crippen molar-refractivity contribution in [3.05, 3.63) is 89.9 Å². The van der Waals surface area contributed by atoms with Crippen LogP contribution in [-0.2, 0) is 4.84 Å². The average Bonchev–Trinajstić information content (AvgIpc) is 3.48. The molecule has 0 saturated carbocycles. The Kier molecular flexibility index (Phi) is 5.10. The number of nitrogens with zero attached hydrogens (tertiary/aromatic N) is 3. The Hall–Kier alpha value is -4.08. The molecule has 3 heterocycles. The Morgan fingerprint density at radius 3 is 2.78 bits per heavy atom. The van der Waals surface area contributed by atoms with E-state index in [4.69, 9.17) is 11.3 Å². The largest absolute Gasteiger partial charge is 0.346 e. The third-order valence-electron chi connectivity index (χ3n) is 5.76. The minimum atomic E-state index is -0.281. The second kappa shape index (κ2) is 8.22. The predicted octanol–water partition coefficient (Wildman–Crippen LogP) is 5.20. The van der Waals surface area contributed by atoms with E-state index in [1.807, 2.05) is 78.2 Å². The summed E-state index contributed by atoms with van der Waals surface area (Å²) in [5.74, 6) is 2.65. The lowest BCUT2D eigenvalue weighted by Gasteiger charge is -2.23. The molecule has 1 fully saturated rings. The molecule has 1 aliphatic rings. The van der Waals surface area contributed by atoms with Crippen LogP contribution in [0, 0.1) is 19.3 Å². The highest BCUT2D eigenvalue weighted by Crippen LogP contribution is 2.32. The van der Waals surface area contributed by atoms with Gasteiger partial charge in [-0.05, 0) is 47.4 Å². The number of terminal acetylenes is 1. The van der Waals surface area contributed by atoms with Gasteiger partial charge in [0.1, 0.15) is 11.3 Å². The molecule has 158 valence electrons. The molecule has 1 saturated heterocycles. The smallest absolute Gasteiger partial charge is 0.306 e. The summed E-state index contributed by atoms with van der Waals surface area (Å²) in [7, 11) is 0. The molecule has 2 amide bonds. The number of imidazole rings is 1. The van der Waals surface area contributed by atoms with E-state index in [1.54, 1.807) is 6.20 Å². The van der Waals surface area contributed by atoms with Gasteiger partial charge in [0, 0.05) is 18.3 Å². The summed E-state index contributed by atoms with van der Waals surface area (Å²) >= 11 is 0. The maximum absolute atomic E-state index is 13.1. The van der Waals surface area contributed by atoms with Crippen LogP contribution >= 0.6 is 0 Å². The molecule has 5 rings (SSSR count). The van der Waals surface area contributed by atoms with Crippen molar-refractivity contribution >= 4 is 17.4 Å². The number of pyridine rings is 1. The van der Waals surface area contributed by atoms with Crippen molar-refractivity contribution in [3.63, 3.8) is 0 Å². The van der Waals surface area contributed by atoms with Gasteiger partial charge in [-0.1, -0.05) is 48.4 Å². The molecule has 4 aromatic rings. The Morgan fingerprint density at radius 1 is 1.16 bits per heavy atom. The molecule has 0 bridgehead atoms. The van der Waals surface area contributed by atoms with Gasteiger partial charge < -0.3 is 5.32 Å². The van der Waals surface area contributed by atoms with Crippen LogP contribution in [0.3, 0.4) is 0 Å². The molecule has 0 aliphatic carbocycles. The van der Waals surface area contributed by atoms with Gasteiger partial charge in [0.2, 0.25) is 0 Å². The fraction of sp³-hybridized carbons (Fsp3) is 0.154. The van der Waals surface area contributed by atoms with Crippen LogP contribution in [0.1, 0.15) is 29.3 Å². The first-order chi connectivity index (χ1) is 15.6. The number of hydrogen-bond donors (Lipinski definition) is 1. The highest BCUT2D eigenvalue weighted by Gasteiger charge is 2.32. The van der Waals surface area contributed by atoms with Crippen molar-refractivity contribution < 1.29 is 9.63 Å². The quantitative estimate of drug-likeness (QED) is 0.462. The third kappa shape index (κ3) is 3.59. The van der Waals surface area contributed by atoms with E-state index in [0.29, 0.717) is 12.3 Å². The number of rotatable bonds is 3. The highest BCUT2D eigenvalue weighted by atomic mass is 16.7. The van der Waals surface area contributed by atoms with Gasteiger partial charge in [-0.25, -0.2) is 9.78 Å². The van der Waals surface area contributed by atoms with E-state index in [1.165, 1.54) is 5.06 Å². The molecule has 6 nitrogen and oxygen atoms in total. The zero-order valence-corrected chi connectivity index (χ0v) is 17.7. The van der Waals surface area contributed by atoms with Crippen LogP contribution < -0.4 is 5.32 Å². The fourth-order valence-electron chi connectivity index (χ4n) is 4.01. The number of carbonyl (C=O) groups is 1. The van der Waals surface area contributed by atoms with Crippen LogP contribution in [-0.4, -0.2) is 27.1 Å². The number of aromatic nitrogens is 2. The number of hydrogen-bond acceptors (Lipinski definition) is 3. The molecule has 1 unspecified atom stereocenters. The van der Waals surface area contributed by atoms with Crippen molar-refractivity contribution in [3.8, 4) is 23.5 Å². The van der Waals surface area contributed by atoms with E-state index in [0.717, 1.165) is 40.0 Å². The predicted molar refractivity (Wildman–Crippen MR) is 124 cm³/mol. The number of benzene rings is 2. The van der Waals surface area contributed by atoms with E-state index in [-0.39, 0.29) is 12.1 Å². The van der Waals surface area contributed by atoms with Crippen molar-refractivity contribution in [2.45, 2.75) is 19.4 Å². The second-order valence-corrected chi connectivity index (χ2v) is 7.77. The van der Waals surface area contributed by atoms with E-state index >= 15 is 0 Å². The molecule has 32 heavy (non-hydrogen) atoms. The molecule has 1 N–H and O–H groups in total. The van der Waals surface area contributed by atoms with Gasteiger partial charge in [0.05, 0.1) is 18.8 Å². The summed E-state index contributed by atoms with van der Waals surface area (Å²) in [6.07, 6.45) is 9.99. The average molecular weight is 422 g/mol. The number of aryl methyl sites for hydroxylation is 1. The zero-order valence-electron chi connectivity index (χ0n) is 17.7. The zero-order chi connectivity index (χ0) is 22.1. The molecule has 0 radical (unpaired) electrons. The Bertz CT molecular complexity index is 1340. The van der Waals surface area contributed by atoms with Crippen LogP contribution in [0.2, 0.25) is 0 Å². The van der Waals surface area contributed by atoms with Gasteiger partial charge in [-0.15, -0.1) is 6.42 Å². The number of carbonyl (C=O) groups excluding carboxylic acids is 1. The fourth-order valence-corrected chi connectivity index (χ4v) is 4.01. The minimum Gasteiger partial charge on any atom is -0.306 e.